The minimum absolute atomic E-state index is 0.278. The molecule has 1 fully saturated rings. The van der Waals surface area contributed by atoms with E-state index in [9.17, 15) is 24.3 Å². The lowest BCUT2D eigenvalue weighted by atomic mass is 9.83. The first-order chi connectivity index (χ1) is 11.2. The van der Waals surface area contributed by atoms with Gasteiger partial charge in [-0.05, 0) is 25.2 Å². The summed E-state index contributed by atoms with van der Waals surface area (Å²) in [5.41, 5.74) is 4.57. The SMILES string of the molecule is NCC(=O)O.O=C(O)CN(CC(=O)O)C(C(=O)O)C1[CH]CCCC1. The molecule has 0 aliphatic heterocycles. The molecule has 2 unspecified atom stereocenters. The molecule has 0 heterocycles. The Morgan fingerprint density at radius 3 is 1.79 bits per heavy atom. The van der Waals surface area contributed by atoms with Gasteiger partial charge in [0.05, 0.1) is 19.6 Å². The van der Waals surface area contributed by atoms with Crippen LogP contribution in [0.1, 0.15) is 25.7 Å². The summed E-state index contributed by atoms with van der Waals surface area (Å²) in [7, 11) is 0. The first-order valence-corrected chi connectivity index (χ1v) is 7.34. The molecule has 10 nitrogen and oxygen atoms in total. The van der Waals surface area contributed by atoms with Crippen LogP contribution in [0.3, 0.4) is 0 Å². The fourth-order valence-corrected chi connectivity index (χ4v) is 2.47. The summed E-state index contributed by atoms with van der Waals surface area (Å²) in [6.07, 6.45) is 5.15. The molecule has 2 atom stereocenters. The number of aliphatic carboxylic acids is 4. The van der Waals surface area contributed by atoms with E-state index in [2.05, 4.69) is 5.73 Å². The van der Waals surface area contributed by atoms with Gasteiger partial charge < -0.3 is 26.2 Å². The molecule has 1 radical (unpaired) electrons. The van der Waals surface area contributed by atoms with Crippen LogP contribution in [0.5, 0.6) is 0 Å². The third-order valence-corrected chi connectivity index (χ3v) is 3.36. The molecular weight excluding hydrogens is 324 g/mol. The highest BCUT2D eigenvalue weighted by Crippen LogP contribution is 2.28. The van der Waals surface area contributed by atoms with E-state index in [1.54, 1.807) is 0 Å². The van der Waals surface area contributed by atoms with Gasteiger partial charge in [-0.15, -0.1) is 0 Å². The Hall–Kier alpha value is -2.20. The average Bonchev–Trinajstić information content (AvgIpc) is 2.47. The summed E-state index contributed by atoms with van der Waals surface area (Å²) in [6.45, 7) is -1.46. The molecular formula is C14H23N2O8. The largest absolute Gasteiger partial charge is 0.480 e. The number of carboxylic acids is 4. The smallest absolute Gasteiger partial charge is 0.321 e. The second-order valence-electron chi connectivity index (χ2n) is 5.26. The minimum atomic E-state index is -1.23. The van der Waals surface area contributed by atoms with Gasteiger partial charge in [0.25, 0.3) is 0 Å². The van der Waals surface area contributed by atoms with E-state index >= 15 is 0 Å². The van der Waals surface area contributed by atoms with Gasteiger partial charge in [0.1, 0.15) is 6.04 Å². The molecule has 6 N–H and O–H groups in total. The Balaban J connectivity index is 0.000000922. The highest BCUT2D eigenvalue weighted by Gasteiger charge is 2.36. The molecule has 0 aromatic rings. The van der Waals surface area contributed by atoms with E-state index in [1.807, 2.05) is 6.42 Å². The highest BCUT2D eigenvalue weighted by molar-refractivity contribution is 5.78. The molecule has 0 saturated heterocycles. The number of carboxylic acid groups (broad SMARTS) is 4. The van der Waals surface area contributed by atoms with E-state index in [0.29, 0.717) is 6.42 Å². The lowest BCUT2D eigenvalue weighted by Gasteiger charge is -2.34. The number of hydrogen-bond donors (Lipinski definition) is 5. The molecule has 0 bridgehead atoms. The highest BCUT2D eigenvalue weighted by atomic mass is 16.4. The molecule has 1 saturated carbocycles. The zero-order valence-electron chi connectivity index (χ0n) is 13.1. The van der Waals surface area contributed by atoms with Gasteiger partial charge in [-0.3, -0.25) is 24.1 Å². The van der Waals surface area contributed by atoms with Crippen LogP contribution < -0.4 is 5.73 Å². The van der Waals surface area contributed by atoms with Crippen molar-refractivity contribution in [2.45, 2.75) is 31.7 Å². The summed E-state index contributed by atoms with van der Waals surface area (Å²) in [5.74, 6) is -4.91. The predicted molar refractivity (Wildman–Crippen MR) is 81.2 cm³/mol. The van der Waals surface area contributed by atoms with Crippen molar-refractivity contribution in [3.63, 3.8) is 0 Å². The van der Waals surface area contributed by atoms with E-state index < -0.39 is 43.0 Å². The minimum Gasteiger partial charge on any atom is -0.480 e. The number of carbonyl (C=O) groups is 4. The molecule has 1 aliphatic carbocycles. The lowest BCUT2D eigenvalue weighted by Crippen LogP contribution is -2.50. The van der Waals surface area contributed by atoms with E-state index in [0.717, 1.165) is 24.2 Å². The van der Waals surface area contributed by atoms with Crippen LogP contribution in [0, 0.1) is 12.3 Å². The van der Waals surface area contributed by atoms with Crippen molar-refractivity contribution in [3.05, 3.63) is 6.42 Å². The summed E-state index contributed by atoms with van der Waals surface area (Å²) < 4.78 is 0. The third-order valence-electron chi connectivity index (χ3n) is 3.36. The van der Waals surface area contributed by atoms with Crippen LogP contribution in [0.15, 0.2) is 0 Å². The zero-order chi connectivity index (χ0) is 18.7. The Kier molecular flexibility index (Phi) is 10.3. The number of nitrogens with zero attached hydrogens (tertiary/aromatic N) is 1. The van der Waals surface area contributed by atoms with Crippen molar-refractivity contribution in [1.29, 1.82) is 0 Å². The van der Waals surface area contributed by atoms with E-state index in [1.165, 1.54) is 0 Å². The normalized spacial score (nSPS) is 15.9. The van der Waals surface area contributed by atoms with Gasteiger partial charge in [0, 0.05) is 0 Å². The van der Waals surface area contributed by atoms with E-state index in [4.69, 9.17) is 15.3 Å². The Bertz CT molecular complexity index is 432. The Morgan fingerprint density at radius 1 is 1.00 bits per heavy atom. The molecule has 0 spiro atoms. The van der Waals surface area contributed by atoms with Gasteiger partial charge in [0.15, 0.2) is 0 Å². The van der Waals surface area contributed by atoms with Crippen molar-refractivity contribution >= 4 is 23.9 Å². The first kappa shape index (κ1) is 21.8. The molecule has 1 rings (SSSR count). The number of hydrogen-bond acceptors (Lipinski definition) is 6. The topological polar surface area (TPSA) is 178 Å². The zero-order valence-corrected chi connectivity index (χ0v) is 13.1. The van der Waals surface area contributed by atoms with Gasteiger partial charge in [0.2, 0.25) is 0 Å². The lowest BCUT2D eigenvalue weighted by molar-refractivity contribution is -0.151. The van der Waals surface area contributed by atoms with Crippen molar-refractivity contribution in [1.82, 2.24) is 4.90 Å². The number of nitrogens with two attached hydrogens (primary N) is 1. The summed E-state index contributed by atoms with van der Waals surface area (Å²) in [4.78, 5) is 43.1. The maximum absolute atomic E-state index is 11.4. The average molecular weight is 347 g/mol. The van der Waals surface area contributed by atoms with Crippen LogP contribution in [0.2, 0.25) is 0 Å². The maximum Gasteiger partial charge on any atom is 0.321 e. The van der Waals surface area contributed by atoms with E-state index in [-0.39, 0.29) is 12.5 Å². The van der Waals surface area contributed by atoms with Crippen molar-refractivity contribution in [2.75, 3.05) is 19.6 Å². The van der Waals surface area contributed by atoms with Gasteiger partial charge in [-0.25, -0.2) is 0 Å². The van der Waals surface area contributed by atoms with Crippen molar-refractivity contribution < 1.29 is 39.6 Å². The summed E-state index contributed by atoms with van der Waals surface area (Å²) in [6, 6.07) is -1.09. The van der Waals surface area contributed by atoms with Gasteiger partial charge in [-0.1, -0.05) is 12.8 Å². The summed E-state index contributed by atoms with van der Waals surface area (Å²) >= 11 is 0. The predicted octanol–water partition coefficient (Wildman–Crippen LogP) is -0.665. The fourth-order valence-electron chi connectivity index (χ4n) is 2.47. The molecule has 24 heavy (non-hydrogen) atoms. The fraction of sp³-hybridized carbons (Fsp3) is 0.643. The summed E-state index contributed by atoms with van der Waals surface area (Å²) in [5, 5.41) is 34.4. The Morgan fingerprint density at radius 2 is 1.50 bits per heavy atom. The molecule has 0 aromatic carbocycles. The van der Waals surface area contributed by atoms with Crippen molar-refractivity contribution in [3.8, 4) is 0 Å². The molecule has 0 aromatic heterocycles. The van der Waals surface area contributed by atoms with Gasteiger partial charge >= 0.3 is 23.9 Å². The second kappa shape index (κ2) is 11.4. The second-order valence-corrected chi connectivity index (χ2v) is 5.26. The molecule has 10 heteroatoms. The van der Waals surface area contributed by atoms with Crippen LogP contribution >= 0.6 is 0 Å². The van der Waals surface area contributed by atoms with Crippen LogP contribution in [0.4, 0.5) is 0 Å². The number of rotatable bonds is 8. The standard InChI is InChI=1S/C12H18NO6.C2H5NO2/c14-9(15)6-13(7-10(16)17)11(12(18)19)8-4-2-1-3-5-8;3-1-2(4)5/h4,8,11H,1-3,5-7H2,(H,14,15)(H,16,17)(H,18,19);1,3H2,(H,4,5). The van der Waals surface area contributed by atoms with Gasteiger partial charge in [-0.2, -0.15) is 0 Å². The molecule has 137 valence electrons. The van der Waals surface area contributed by atoms with Crippen LogP contribution in [0.25, 0.3) is 0 Å². The maximum atomic E-state index is 11.4. The monoisotopic (exact) mass is 347 g/mol. The third kappa shape index (κ3) is 9.06. The van der Waals surface area contributed by atoms with Crippen LogP contribution in [-0.2, 0) is 19.2 Å². The first-order valence-electron chi connectivity index (χ1n) is 7.34. The van der Waals surface area contributed by atoms with Crippen molar-refractivity contribution in [2.24, 2.45) is 11.7 Å². The quantitative estimate of drug-likeness (QED) is 0.378. The molecule has 0 amide bonds. The molecule has 1 aliphatic rings. The van der Waals surface area contributed by atoms with Crippen LogP contribution in [-0.4, -0.2) is 74.9 Å². The Labute approximate surface area is 138 Å².